The average molecular weight is 515 g/mol. The van der Waals surface area contributed by atoms with E-state index < -0.39 is 11.9 Å². The molecule has 0 aliphatic rings. The van der Waals surface area contributed by atoms with Crippen molar-refractivity contribution in [1.29, 1.82) is 0 Å². The molecule has 3 N–H and O–H groups in total. The van der Waals surface area contributed by atoms with E-state index in [1.54, 1.807) is 18.4 Å². The van der Waals surface area contributed by atoms with Crippen LogP contribution in [0.4, 0.5) is 19.1 Å². The largest absolute Gasteiger partial charge is 0.433 e. The molecular formula is C15H21F3IN7S. The molecule has 2 heterocycles. The molecule has 27 heavy (non-hydrogen) atoms. The predicted octanol–water partition coefficient (Wildman–Crippen LogP) is 2.96. The van der Waals surface area contributed by atoms with Crippen molar-refractivity contribution >= 4 is 47.2 Å². The first-order chi connectivity index (χ1) is 12.3. The smallest absolute Gasteiger partial charge is 0.355 e. The number of halogens is 4. The van der Waals surface area contributed by atoms with E-state index in [1.165, 1.54) is 4.88 Å². The highest BCUT2D eigenvalue weighted by Crippen LogP contribution is 2.27. The third-order valence-corrected chi connectivity index (χ3v) is 4.42. The fourth-order valence-corrected chi connectivity index (χ4v) is 2.83. The number of aliphatic imine (C=N–C) groups is 1. The van der Waals surface area contributed by atoms with Gasteiger partial charge in [-0.1, -0.05) is 0 Å². The number of thiazole rings is 1. The fourth-order valence-electron chi connectivity index (χ4n) is 1.95. The Morgan fingerprint density at radius 1 is 1.19 bits per heavy atom. The Bertz CT molecular complexity index is 745. The third-order valence-electron chi connectivity index (χ3n) is 3.35. The summed E-state index contributed by atoms with van der Waals surface area (Å²) in [4.78, 5) is 16.9. The number of rotatable bonds is 6. The van der Waals surface area contributed by atoms with E-state index in [1.807, 2.05) is 13.8 Å². The summed E-state index contributed by atoms with van der Waals surface area (Å²) in [6, 6.07) is 0.831. The normalized spacial score (nSPS) is 11.7. The minimum atomic E-state index is -4.49. The highest BCUT2D eigenvalue weighted by atomic mass is 127. The minimum absolute atomic E-state index is 0. The van der Waals surface area contributed by atoms with Gasteiger partial charge in [-0.05, 0) is 19.9 Å². The van der Waals surface area contributed by atoms with Gasteiger partial charge in [0.25, 0.3) is 0 Å². The first-order valence-electron chi connectivity index (χ1n) is 7.81. The topological polar surface area (TPSA) is 87.1 Å². The molecule has 0 saturated heterocycles. The van der Waals surface area contributed by atoms with Gasteiger partial charge in [0.05, 0.1) is 12.2 Å². The lowest BCUT2D eigenvalue weighted by molar-refractivity contribution is -0.141. The first-order valence-corrected chi connectivity index (χ1v) is 8.62. The molecule has 0 amide bonds. The highest BCUT2D eigenvalue weighted by Gasteiger charge is 2.32. The molecule has 0 bridgehead atoms. The van der Waals surface area contributed by atoms with Crippen LogP contribution in [0.5, 0.6) is 0 Å². The minimum Gasteiger partial charge on any atom is -0.355 e. The van der Waals surface area contributed by atoms with E-state index in [4.69, 9.17) is 0 Å². The molecular weight excluding hydrogens is 494 g/mol. The lowest BCUT2D eigenvalue weighted by Gasteiger charge is -2.12. The van der Waals surface area contributed by atoms with E-state index in [-0.39, 0.29) is 29.9 Å². The van der Waals surface area contributed by atoms with Crippen molar-refractivity contribution in [1.82, 2.24) is 25.6 Å². The maximum absolute atomic E-state index is 12.6. The van der Waals surface area contributed by atoms with Crippen LogP contribution in [0.15, 0.2) is 17.3 Å². The lowest BCUT2D eigenvalue weighted by atomic mass is 10.4. The van der Waals surface area contributed by atoms with E-state index in [0.717, 1.165) is 23.0 Å². The Kier molecular flexibility index (Phi) is 9.15. The number of aryl methyl sites for hydroxylation is 2. The Morgan fingerprint density at radius 3 is 2.52 bits per heavy atom. The highest BCUT2D eigenvalue weighted by molar-refractivity contribution is 14.0. The summed E-state index contributed by atoms with van der Waals surface area (Å²) in [5.74, 6) is 0.501. The van der Waals surface area contributed by atoms with Crippen LogP contribution in [0.25, 0.3) is 0 Å². The van der Waals surface area contributed by atoms with Crippen LogP contribution in [0.3, 0.4) is 0 Å². The van der Waals surface area contributed by atoms with Crippen molar-refractivity contribution in [3.8, 4) is 0 Å². The van der Waals surface area contributed by atoms with Gasteiger partial charge in [0.2, 0.25) is 5.95 Å². The summed E-state index contributed by atoms with van der Waals surface area (Å²) in [5, 5.41) is 9.88. The third kappa shape index (κ3) is 7.44. The summed E-state index contributed by atoms with van der Waals surface area (Å²) in [6.45, 7) is 5.28. The van der Waals surface area contributed by atoms with Crippen LogP contribution in [-0.4, -0.2) is 41.0 Å². The quantitative estimate of drug-likeness (QED) is 0.238. The van der Waals surface area contributed by atoms with Crippen LogP contribution in [0.1, 0.15) is 21.3 Å². The molecule has 0 saturated carbocycles. The first kappa shape index (κ1) is 23.3. The van der Waals surface area contributed by atoms with Gasteiger partial charge in [-0.25, -0.2) is 15.0 Å². The molecule has 0 aliphatic carbocycles. The average Bonchev–Trinajstić information content (AvgIpc) is 2.92. The summed E-state index contributed by atoms with van der Waals surface area (Å²) in [5.41, 5.74) is 0.0366. The lowest BCUT2D eigenvalue weighted by Crippen LogP contribution is -2.39. The molecule has 0 radical (unpaired) electrons. The number of alkyl halides is 3. The Balaban J connectivity index is 0.00000364. The Hall–Kier alpha value is -1.70. The van der Waals surface area contributed by atoms with E-state index >= 15 is 0 Å². The Labute approximate surface area is 176 Å². The number of hydrogen-bond donors (Lipinski definition) is 3. The van der Waals surface area contributed by atoms with Gasteiger partial charge in [0.1, 0.15) is 10.7 Å². The second-order valence-electron chi connectivity index (χ2n) is 5.29. The fraction of sp³-hybridized carbons (Fsp3) is 0.467. The summed E-state index contributed by atoms with van der Waals surface area (Å²) in [6.07, 6.45) is -3.42. The van der Waals surface area contributed by atoms with E-state index in [9.17, 15) is 13.2 Å². The molecule has 2 aromatic rings. The number of guanidine groups is 1. The van der Waals surface area contributed by atoms with Gasteiger partial charge < -0.3 is 16.0 Å². The van der Waals surface area contributed by atoms with Gasteiger partial charge in [0, 0.05) is 31.2 Å². The molecule has 0 spiro atoms. The molecule has 0 atom stereocenters. The van der Waals surface area contributed by atoms with Crippen LogP contribution < -0.4 is 16.0 Å². The van der Waals surface area contributed by atoms with Gasteiger partial charge in [-0.2, -0.15) is 13.2 Å². The second-order valence-corrected chi connectivity index (χ2v) is 6.58. The van der Waals surface area contributed by atoms with Crippen molar-refractivity contribution in [2.45, 2.75) is 26.6 Å². The van der Waals surface area contributed by atoms with Gasteiger partial charge in [-0.3, -0.25) is 4.99 Å². The van der Waals surface area contributed by atoms with Crippen molar-refractivity contribution < 1.29 is 13.2 Å². The number of nitrogens with zero attached hydrogens (tertiary/aromatic N) is 4. The summed E-state index contributed by atoms with van der Waals surface area (Å²) < 4.78 is 37.8. The number of aromatic nitrogens is 3. The maximum Gasteiger partial charge on any atom is 0.433 e. The van der Waals surface area contributed by atoms with Crippen molar-refractivity contribution in [3.05, 3.63) is 33.5 Å². The van der Waals surface area contributed by atoms with Crippen LogP contribution >= 0.6 is 35.3 Å². The number of anilines is 1. The number of hydrogen-bond acceptors (Lipinski definition) is 6. The van der Waals surface area contributed by atoms with Crippen LogP contribution in [0.2, 0.25) is 0 Å². The molecule has 0 fully saturated rings. The molecule has 2 aromatic heterocycles. The zero-order chi connectivity index (χ0) is 19.2. The summed E-state index contributed by atoms with van der Waals surface area (Å²) >= 11 is 1.62. The molecule has 2 rings (SSSR count). The molecule has 0 aromatic carbocycles. The van der Waals surface area contributed by atoms with E-state index in [2.05, 4.69) is 35.9 Å². The Morgan fingerprint density at radius 2 is 1.93 bits per heavy atom. The van der Waals surface area contributed by atoms with Crippen LogP contribution in [0, 0.1) is 13.8 Å². The zero-order valence-electron chi connectivity index (χ0n) is 15.0. The van der Waals surface area contributed by atoms with Crippen LogP contribution in [-0.2, 0) is 12.7 Å². The maximum atomic E-state index is 12.6. The van der Waals surface area contributed by atoms with Gasteiger partial charge in [0.15, 0.2) is 5.96 Å². The van der Waals surface area contributed by atoms with Crippen molar-refractivity contribution in [3.63, 3.8) is 0 Å². The SMILES string of the molecule is CN=C(NCCNc1nccc(C(F)(F)F)n1)NCc1nc(C)c(C)s1.I. The van der Waals surface area contributed by atoms with E-state index in [0.29, 0.717) is 25.6 Å². The van der Waals surface area contributed by atoms with Gasteiger partial charge in [-0.15, -0.1) is 35.3 Å². The molecule has 0 unspecified atom stereocenters. The number of nitrogens with one attached hydrogen (secondary N) is 3. The zero-order valence-corrected chi connectivity index (χ0v) is 18.2. The standard InChI is InChI=1S/C15H20F3N7S.HI/c1-9-10(2)26-12(24-9)8-23-13(19-3)21-6-7-22-14-20-5-4-11(25-14)15(16,17)18;/h4-5H,6-8H2,1-3H3,(H2,19,21,23)(H,20,22,25);1H. The summed E-state index contributed by atoms with van der Waals surface area (Å²) in [7, 11) is 1.64. The monoisotopic (exact) mass is 515 g/mol. The van der Waals surface area contributed by atoms with Crippen molar-refractivity contribution in [2.75, 3.05) is 25.5 Å². The second kappa shape index (κ2) is 10.6. The molecule has 150 valence electrons. The van der Waals surface area contributed by atoms with Crippen molar-refractivity contribution in [2.24, 2.45) is 4.99 Å². The molecule has 0 aliphatic heterocycles. The van der Waals surface area contributed by atoms with Gasteiger partial charge >= 0.3 is 6.18 Å². The molecule has 12 heteroatoms. The molecule has 7 nitrogen and oxygen atoms in total. The predicted molar refractivity (Wildman–Crippen MR) is 111 cm³/mol.